The van der Waals surface area contributed by atoms with Gasteiger partial charge in [0.15, 0.2) is 5.25 Å². The number of carbonyl (C=O) groups excluding carboxylic acids is 2. The highest BCUT2D eigenvalue weighted by Gasteiger charge is 2.54. The molecule has 0 bridgehead atoms. The van der Waals surface area contributed by atoms with Gasteiger partial charge < -0.3 is 5.32 Å². The van der Waals surface area contributed by atoms with Crippen molar-refractivity contribution in [2.24, 2.45) is 4.99 Å². The quantitative estimate of drug-likeness (QED) is 0.793. The maximum absolute atomic E-state index is 13.2. The molecule has 2 amide bonds. The molecule has 1 saturated heterocycles. The topological polar surface area (TPSA) is 95.9 Å². The van der Waals surface area contributed by atoms with Crippen LogP contribution in [0.2, 0.25) is 0 Å². The largest absolute Gasteiger partial charge is 0.350 e. The zero-order chi connectivity index (χ0) is 21.9. The number of rotatable bonds is 5. The van der Waals surface area contributed by atoms with Crippen LogP contribution in [-0.2, 0) is 26.2 Å². The van der Waals surface area contributed by atoms with Gasteiger partial charge in [0.25, 0.3) is 15.9 Å². The van der Waals surface area contributed by atoms with Gasteiger partial charge in [-0.25, -0.2) is 12.7 Å². The highest BCUT2D eigenvalue weighted by Crippen LogP contribution is 2.38. The van der Waals surface area contributed by atoms with Crippen molar-refractivity contribution < 1.29 is 18.0 Å². The van der Waals surface area contributed by atoms with Crippen molar-refractivity contribution in [2.45, 2.75) is 38.1 Å². The molecule has 2 aromatic carbocycles. The molecule has 1 unspecified atom stereocenters. The molecule has 2 aromatic rings. The van der Waals surface area contributed by atoms with Gasteiger partial charge in [0.1, 0.15) is 12.3 Å². The molecule has 1 fully saturated rings. The van der Waals surface area contributed by atoms with Crippen molar-refractivity contribution in [3.63, 3.8) is 0 Å². The number of aliphatic imine (C=N–C) groups is 1. The first-order chi connectivity index (χ1) is 14.1. The zero-order valence-electron chi connectivity index (χ0n) is 17.2. The van der Waals surface area contributed by atoms with Crippen LogP contribution >= 0.6 is 0 Å². The van der Waals surface area contributed by atoms with Crippen LogP contribution in [-0.4, -0.2) is 42.3 Å². The van der Waals surface area contributed by atoms with Gasteiger partial charge >= 0.3 is 0 Å². The molecule has 30 heavy (non-hydrogen) atoms. The molecule has 1 heterocycles. The Morgan fingerprint density at radius 3 is 2.17 bits per heavy atom. The molecule has 0 saturated carbocycles. The lowest BCUT2D eigenvalue weighted by Crippen LogP contribution is -2.45. The Bertz CT molecular complexity index is 1060. The van der Waals surface area contributed by atoms with E-state index in [1.807, 2.05) is 30.3 Å². The number of sulfonamides is 1. The summed E-state index contributed by atoms with van der Waals surface area (Å²) in [5.41, 5.74) is 0.293. The van der Waals surface area contributed by atoms with E-state index in [0.29, 0.717) is 12.1 Å². The Labute approximate surface area is 176 Å². The van der Waals surface area contributed by atoms with Crippen LogP contribution in [0.1, 0.15) is 37.1 Å². The summed E-state index contributed by atoms with van der Waals surface area (Å²) in [6.07, 6.45) is 0. The number of hydrogen-bond acceptors (Lipinski definition) is 5. The standard InChI is InChI=1S/C22H25N3O4S/c1-22(2,3)25-21(27)19(20(30(25,28)29)17-12-8-5-9-13-17)24-15-18(26)23-14-16-10-6-4-7-11-16/h4-13,20H,14-15H2,1-3H3,(H,23,26). The number of carbonyl (C=O) groups is 2. The van der Waals surface area contributed by atoms with Gasteiger partial charge in [-0.05, 0) is 31.9 Å². The predicted octanol–water partition coefficient (Wildman–Crippen LogP) is 2.46. The van der Waals surface area contributed by atoms with E-state index in [1.165, 1.54) is 0 Å². The number of benzene rings is 2. The number of hydrogen-bond donors (Lipinski definition) is 1. The molecular weight excluding hydrogens is 402 g/mol. The minimum absolute atomic E-state index is 0.133. The van der Waals surface area contributed by atoms with Crippen molar-refractivity contribution in [1.82, 2.24) is 9.62 Å². The molecule has 8 heteroatoms. The smallest absolute Gasteiger partial charge is 0.283 e. The maximum atomic E-state index is 13.2. The molecule has 158 valence electrons. The molecule has 3 rings (SSSR count). The third-order valence-corrected chi connectivity index (χ3v) is 6.96. The van der Waals surface area contributed by atoms with Gasteiger partial charge in [0, 0.05) is 6.54 Å². The van der Waals surface area contributed by atoms with E-state index in [4.69, 9.17) is 0 Å². The van der Waals surface area contributed by atoms with Crippen molar-refractivity contribution >= 4 is 27.5 Å². The lowest BCUT2D eigenvalue weighted by molar-refractivity contribution is -0.122. The van der Waals surface area contributed by atoms with Crippen molar-refractivity contribution in [2.75, 3.05) is 6.54 Å². The van der Waals surface area contributed by atoms with Crippen LogP contribution in [0.3, 0.4) is 0 Å². The first kappa shape index (κ1) is 21.7. The molecule has 7 nitrogen and oxygen atoms in total. The van der Waals surface area contributed by atoms with Gasteiger partial charge in [0.05, 0.1) is 5.54 Å². The van der Waals surface area contributed by atoms with E-state index in [9.17, 15) is 18.0 Å². The Morgan fingerprint density at radius 2 is 1.60 bits per heavy atom. The summed E-state index contributed by atoms with van der Waals surface area (Å²) in [6.45, 7) is 4.96. The van der Waals surface area contributed by atoms with Crippen LogP contribution < -0.4 is 5.32 Å². The summed E-state index contributed by atoms with van der Waals surface area (Å²) in [4.78, 5) is 29.5. The van der Waals surface area contributed by atoms with Crippen LogP contribution in [0.25, 0.3) is 0 Å². The number of amides is 2. The minimum atomic E-state index is -4.02. The first-order valence-electron chi connectivity index (χ1n) is 9.61. The Balaban J connectivity index is 1.88. The van der Waals surface area contributed by atoms with Crippen molar-refractivity contribution in [3.05, 3.63) is 71.8 Å². The van der Waals surface area contributed by atoms with Crippen LogP contribution in [0.4, 0.5) is 0 Å². The van der Waals surface area contributed by atoms with Gasteiger partial charge in [-0.15, -0.1) is 0 Å². The Kier molecular flexibility index (Phi) is 6.07. The molecule has 1 aliphatic heterocycles. The van der Waals surface area contributed by atoms with Gasteiger partial charge in [0.2, 0.25) is 5.91 Å². The fourth-order valence-electron chi connectivity index (χ4n) is 3.38. The average Bonchev–Trinajstić information content (AvgIpc) is 2.90. The van der Waals surface area contributed by atoms with Crippen LogP contribution in [0.15, 0.2) is 65.7 Å². The highest BCUT2D eigenvalue weighted by atomic mass is 32.2. The van der Waals surface area contributed by atoms with E-state index in [1.54, 1.807) is 51.1 Å². The highest BCUT2D eigenvalue weighted by molar-refractivity contribution is 7.91. The molecular formula is C22H25N3O4S. The van der Waals surface area contributed by atoms with E-state index >= 15 is 0 Å². The summed E-state index contributed by atoms with van der Waals surface area (Å²) in [5, 5.41) is 1.50. The fourth-order valence-corrected chi connectivity index (χ4v) is 5.64. The Hall–Kier alpha value is -3.00. The Morgan fingerprint density at radius 1 is 1.03 bits per heavy atom. The van der Waals surface area contributed by atoms with E-state index in [2.05, 4.69) is 10.3 Å². The second kappa shape index (κ2) is 8.39. The lowest BCUT2D eigenvalue weighted by Gasteiger charge is -2.30. The molecule has 1 aliphatic rings. The minimum Gasteiger partial charge on any atom is -0.350 e. The third-order valence-electron chi connectivity index (χ3n) is 4.64. The van der Waals surface area contributed by atoms with Crippen LogP contribution in [0, 0.1) is 0 Å². The molecule has 0 radical (unpaired) electrons. The van der Waals surface area contributed by atoms with Crippen LogP contribution in [0.5, 0.6) is 0 Å². The monoisotopic (exact) mass is 427 g/mol. The normalized spacial score (nSPS) is 19.8. The number of nitrogens with one attached hydrogen (secondary N) is 1. The van der Waals surface area contributed by atoms with E-state index in [0.717, 1.165) is 9.87 Å². The fraction of sp³-hybridized carbons (Fsp3) is 0.318. The molecule has 0 spiro atoms. The molecule has 1 N–H and O–H groups in total. The average molecular weight is 428 g/mol. The summed E-state index contributed by atoms with van der Waals surface area (Å²) in [7, 11) is -4.02. The summed E-state index contributed by atoms with van der Waals surface area (Å²) < 4.78 is 27.4. The van der Waals surface area contributed by atoms with E-state index in [-0.39, 0.29) is 12.3 Å². The summed E-state index contributed by atoms with van der Waals surface area (Å²) in [5.74, 6) is -1.08. The molecule has 0 aromatic heterocycles. The van der Waals surface area contributed by atoms with E-state index < -0.39 is 32.6 Å². The van der Waals surface area contributed by atoms with Gasteiger partial charge in [-0.2, -0.15) is 0 Å². The second-order valence-electron chi connectivity index (χ2n) is 8.04. The molecule has 0 aliphatic carbocycles. The third kappa shape index (κ3) is 4.43. The van der Waals surface area contributed by atoms with Crippen molar-refractivity contribution in [3.8, 4) is 0 Å². The predicted molar refractivity (Wildman–Crippen MR) is 115 cm³/mol. The summed E-state index contributed by atoms with van der Waals surface area (Å²) >= 11 is 0. The van der Waals surface area contributed by atoms with Crippen molar-refractivity contribution in [1.29, 1.82) is 0 Å². The first-order valence-corrected chi connectivity index (χ1v) is 11.1. The SMILES string of the molecule is CC(C)(C)N1C(=O)C(=NCC(=O)NCc2ccccc2)C(c2ccccc2)S1(=O)=O. The van der Waals surface area contributed by atoms with Gasteiger partial charge in [-0.3, -0.25) is 14.6 Å². The second-order valence-corrected chi connectivity index (χ2v) is 9.91. The van der Waals surface area contributed by atoms with Gasteiger partial charge in [-0.1, -0.05) is 60.7 Å². The molecule has 1 atom stereocenters. The number of nitrogens with zero attached hydrogens (tertiary/aromatic N) is 2. The summed E-state index contributed by atoms with van der Waals surface area (Å²) in [6, 6.07) is 17.9. The lowest BCUT2D eigenvalue weighted by atomic mass is 10.1. The zero-order valence-corrected chi connectivity index (χ0v) is 18.0. The maximum Gasteiger partial charge on any atom is 0.283 e.